The number of carbonyl (C=O) groups excluding carboxylic acids is 2. The fraction of sp³-hybridized carbons (Fsp3) is 0.391. The van der Waals surface area contributed by atoms with Crippen molar-refractivity contribution in [2.75, 3.05) is 17.1 Å². The van der Waals surface area contributed by atoms with Crippen LogP contribution < -0.4 is 9.62 Å². The Morgan fingerprint density at radius 1 is 0.971 bits per heavy atom. The molecule has 11 heteroatoms. The van der Waals surface area contributed by atoms with Gasteiger partial charge in [0.1, 0.15) is 12.6 Å². The highest BCUT2D eigenvalue weighted by atomic mass is 35.5. The zero-order valence-electron chi connectivity index (χ0n) is 19.6. The Bertz CT molecular complexity index is 1150. The second-order valence-corrected chi connectivity index (χ2v) is 12.0. The normalized spacial score (nSPS) is 12.7. The molecule has 2 aromatic carbocycles. The van der Waals surface area contributed by atoms with Crippen molar-refractivity contribution >= 4 is 62.3 Å². The number of rotatable bonds is 8. The highest BCUT2D eigenvalue weighted by Gasteiger charge is 2.32. The van der Waals surface area contributed by atoms with Crippen LogP contribution in [-0.2, 0) is 26.2 Å². The van der Waals surface area contributed by atoms with E-state index in [9.17, 15) is 18.0 Å². The van der Waals surface area contributed by atoms with E-state index in [0.29, 0.717) is 15.6 Å². The number of benzene rings is 2. The third-order valence-corrected chi connectivity index (χ3v) is 7.01. The van der Waals surface area contributed by atoms with Gasteiger partial charge >= 0.3 is 0 Å². The summed E-state index contributed by atoms with van der Waals surface area (Å²) in [5, 5.41) is 3.65. The zero-order valence-corrected chi connectivity index (χ0v) is 22.7. The van der Waals surface area contributed by atoms with E-state index in [1.54, 1.807) is 37.3 Å². The van der Waals surface area contributed by atoms with Gasteiger partial charge in [-0.3, -0.25) is 13.9 Å². The van der Waals surface area contributed by atoms with Crippen LogP contribution in [0.5, 0.6) is 0 Å². The third-order valence-electron chi connectivity index (χ3n) is 4.86. The summed E-state index contributed by atoms with van der Waals surface area (Å²) < 4.78 is 26.1. The highest BCUT2D eigenvalue weighted by Crippen LogP contribution is 2.29. The fourth-order valence-electron chi connectivity index (χ4n) is 3.16. The monoisotopic (exact) mass is 547 g/mol. The number of hydrogen-bond acceptors (Lipinski definition) is 4. The van der Waals surface area contributed by atoms with E-state index >= 15 is 0 Å². The number of carbonyl (C=O) groups is 2. The first-order valence-electron chi connectivity index (χ1n) is 10.4. The summed E-state index contributed by atoms with van der Waals surface area (Å²) in [7, 11) is -3.88. The lowest BCUT2D eigenvalue weighted by Gasteiger charge is -2.33. The summed E-state index contributed by atoms with van der Waals surface area (Å²) in [5.74, 6) is -1.04. The average Bonchev–Trinajstić information content (AvgIpc) is 2.70. The number of para-hydroxylation sites is 1. The quantitative estimate of drug-likeness (QED) is 0.516. The van der Waals surface area contributed by atoms with E-state index < -0.39 is 40.0 Å². The first kappa shape index (κ1) is 28.2. The van der Waals surface area contributed by atoms with Gasteiger partial charge in [-0.05, 0) is 52.0 Å². The molecule has 0 fully saturated rings. The van der Waals surface area contributed by atoms with Crippen molar-refractivity contribution in [1.29, 1.82) is 0 Å². The second kappa shape index (κ2) is 11.2. The average molecular weight is 549 g/mol. The summed E-state index contributed by atoms with van der Waals surface area (Å²) in [4.78, 5) is 27.7. The maximum absolute atomic E-state index is 13.5. The maximum Gasteiger partial charge on any atom is 0.244 e. The first-order chi connectivity index (χ1) is 15.6. The van der Waals surface area contributed by atoms with E-state index in [2.05, 4.69) is 5.32 Å². The molecule has 0 aliphatic heterocycles. The van der Waals surface area contributed by atoms with Gasteiger partial charge in [-0.15, -0.1) is 0 Å². The fourth-order valence-corrected chi connectivity index (χ4v) is 4.83. The summed E-state index contributed by atoms with van der Waals surface area (Å²) in [6, 6.07) is 10.3. The molecule has 0 bridgehead atoms. The molecule has 0 heterocycles. The van der Waals surface area contributed by atoms with E-state index in [-0.39, 0.29) is 17.3 Å². The third kappa shape index (κ3) is 7.50. The largest absolute Gasteiger partial charge is 0.350 e. The molecule has 1 atom stereocenters. The predicted molar refractivity (Wildman–Crippen MR) is 138 cm³/mol. The first-order valence-corrected chi connectivity index (χ1v) is 13.4. The summed E-state index contributed by atoms with van der Waals surface area (Å²) in [5.41, 5.74) is 0.0547. The molecule has 7 nitrogen and oxygen atoms in total. The number of halogens is 3. The SMILES string of the molecule is CC(C(=O)NC(C)(C)C)N(Cc1c(Cl)cccc1Cl)C(=O)CN(c1ccccc1Cl)S(C)(=O)=O. The molecule has 0 aromatic heterocycles. The van der Waals surface area contributed by atoms with E-state index in [1.165, 1.54) is 17.0 Å². The number of hydrogen-bond donors (Lipinski definition) is 1. The lowest BCUT2D eigenvalue weighted by Crippen LogP contribution is -2.54. The Kier molecular flexibility index (Phi) is 9.27. The Morgan fingerprint density at radius 2 is 1.50 bits per heavy atom. The van der Waals surface area contributed by atoms with E-state index in [0.717, 1.165) is 10.6 Å². The topological polar surface area (TPSA) is 86.8 Å². The summed E-state index contributed by atoms with van der Waals surface area (Å²) in [6.45, 7) is 6.34. The van der Waals surface area contributed by atoms with E-state index in [4.69, 9.17) is 34.8 Å². The number of sulfonamides is 1. The van der Waals surface area contributed by atoms with Crippen LogP contribution in [0, 0.1) is 0 Å². The Balaban J connectivity index is 2.48. The Labute approximate surface area is 216 Å². The Morgan fingerprint density at radius 3 is 2.00 bits per heavy atom. The van der Waals surface area contributed by atoms with Crippen LogP contribution >= 0.6 is 34.8 Å². The minimum Gasteiger partial charge on any atom is -0.350 e. The van der Waals surface area contributed by atoms with Crippen LogP contribution in [0.2, 0.25) is 15.1 Å². The predicted octanol–water partition coefficient (Wildman–Crippen LogP) is 4.74. The van der Waals surface area contributed by atoms with Gasteiger partial charge in [0.2, 0.25) is 21.8 Å². The van der Waals surface area contributed by atoms with Crippen molar-refractivity contribution in [2.45, 2.75) is 45.8 Å². The molecule has 2 amide bonds. The molecule has 0 aliphatic rings. The maximum atomic E-state index is 13.5. The molecule has 186 valence electrons. The van der Waals surface area contributed by atoms with Gasteiger partial charge in [-0.1, -0.05) is 53.0 Å². The Hall–Kier alpha value is -2.00. The molecule has 2 rings (SSSR count). The standard InChI is InChI=1S/C23H28Cl3N3O4S/c1-15(22(31)27-23(2,3)4)28(13-16-17(24)10-8-11-18(16)25)21(30)14-29(34(5,32)33)20-12-7-6-9-19(20)26/h6-12,15H,13-14H2,1-5H3,(H,27,31). The zero-order chi connectivity index (χ0) is 25.8. The van der Waals surface area contributed by atoms with Crippen molar-refractivity contribution in [3.8, 4) is 0 Å². The van der Waals surface area contributed by atoms with Crippen LogP contribution in [0.25, 0.3) is 0 Å². The van der Waals surface area contributed by atoms with Crippen LogP contribution in [0.3, 0.4) is 0 Å². The van der Waals surface area contributed by atoms with Crippen LogP contribution in [0.4, 0.5) is 5.69 Å². The van der Waals surface area contributed by atoms with Gasteiger partial charge in [-0.2, -0.15) is 0 Å². The van der Waals surface area contributed by atoms with E-state index in [1.807, 2.05) is 20.8 Å². The van der Waals surface area contributed by atoms with Gasteiger partial charge in [0.05, 0.1) is 17.0 Å². The number of amides is 2. The molecule has 2 aromatic rings. The molecule has 0 aliphatic carbocycles. The summed E-state index contributed by atoms with van der Waals surface area (Å²) in [6.07, 6.45) is 0.981. The molecule has 34 heavy (non-hydrogen) atoms. The van der Waals surface area contributed by atoms with Crippen molar-refractivity contribution in [3.63, 3.8) is 0 Å². The number of nitrogens with zero attached hydrogens (tertiary/aromatic N) is 2. The van der Waals surface area contributed by atoms with Gasteiger partial charge < -0.3 is 10.2 Å². The lowest BCUT2D eigenvalue weighted by molar-refractivity contribution is -0.140. The van der Waals surface area contributed by atoms with Crippen molar-refractivity contribution in [3.05, 3.63) is 63.1 Å². The highest BCUT2D eigenvalue weighted by molar-refractivity contribution is 7.92. The molecular formula is C23H28Cl3N3O4S. The minimum absolute atomic E-state index is 0.101. The second-order valence-electron chi connectivity index (χ2n) is 8.86. The lowest BCUT2D eigenvalue weighted by atomic mass is 10.1. The minimum atomic E-state index is -3.88. The molecule has 1 unspecified atom stereocenters. The van der Waals surface area contributed by atoms with Crippen molar-refractivity contribution in [2.24, 2.45) is 0 Å². The van der Waals surface area contributed by atoms with Gasteiger partial charge in [0.25, 0.3) is 0 Å². The number of nitrogens with one attached hydrogen (secondary N) is 1. The van der Waals surface area contributed by atoms with Gasteiger partial charge in [0, 0.05) is 27.7 Å². The van der Waals surface area contributed by atoms with Crippen LogP contribution in [0.15, 0.2) is 42.5 Å². The summed E-state index contributed by atoms with van der Waals surface area (Å²) >= 11 is 18.8. The van der Waals surface area contributed by atoms with Gasteiger partial charge in [0.15, 0.2) is 0 Å². The van der Waals surface area contributed by atoms with Crippen LogP contribution in [0.1, 0.15) is 33.3 Å². The molecule has 1 N–H and O–H groups in total. The molecule has 0 saturated carbocycles. The molecular weight excluding hydrogens is 521 g/mol. The van der Waals surface area contributed by atoms with Crippen molar-refractivity contribution in [1.82, 2.24) is 10.2 Å². The van der Waals surface area contributed by atoms with Crippen molar-refractivity contribution < 1.29 is 18.0 Å². The smallest absolute Gasteiger partial charge is 0.244 e. The number of anilines is 1. The van der Waals surface area contributed by atoms with Gasteiger partial charge in [-0.25, -0.2) is 8.42 Å². The molecule has 0 radical (unpaired) electrons. The van der Waals surface area contributed by atoms with Crippen LogP contribution in [-0.4, -0.2) is 49.5 Å². The molecule has 0 saturated heterocycles. The molecule has 0 spiro atoms.